The van der Waals surface area contributed by atoms with E-state index >= 15 is 0 Å². The lowest BCUT2D eigenvalue weighted by molar-refractivity contribution is -0.143. The fraction of sp³-hybridized carbons (Fsp3) is 0.357. The third-order valence-corrected chi connectivity index (χ3v) is 4.14. The molecule has 20 heavy (non-hydrogen) atoms. The van der Waals surface area contributed by atoms with Gasteiger partial charge in [-0.2, -0.15) is 4.31 Å². The van der Waals surface area contributed by atoms with Crippen molar-refractivity contribution in [3.63, 3.8) is 0 Å². The fourth-order valence-electron chi connectivity index (χ4n) is 1.55. The predicted octanol–water partition coefficient (Wildman–Crippen LogP) is 1.87. The van der Waals surface area contributed by atoms with E-state index in [9.17, 15) is 13.2 Å². The second-order valence-corrected chi connectivity index (χ2v) is 5.81. The highest BCUT2D eigenvalue weighted by Gasteiger charge is 2.20. The first kappa shape index (κ1) is 16.4. The molecule has 0 atom stereocenters. The average molecular weight is 297 g/mol. The zero-order chi connectivity index (χ0) is 15.0. The summed E-state index contributed by atoms with van der Waals surface area (Å²) in [5.74, 6) is -0.550. The van der Waals surface area contributed by atoms with Crippen LogP contribution in [-0.2, 0) is 19.6 Å². The monoisotopic (exact) mass is 297 g/mol. The van der Waals surface area contributed by atoms with E-state index in [1.54, 1.807) is 26.0 Å². The van der Waals surface area contributed by atoms with Gasteiger partial charge >= 0.3 is 5.97 Å². The van der Waals surface area contributed by atoms with E-state index in [2.05, 4.69) is 0 Å². The summed E-state index contributed by atoms with van der Waals surface area (Å²) in [6, 6.07) is 9.09. The predicted molar refractivity (Wildman–Crippen MR) is 78.3 cm³/mol. The van der Waals surface area contributed by atoms with E-state index < -0.39 is 16.0 Å². The van der Waals surface area contributed by atoms with Crippen molar-refractivity contribution in [1.82, 2.24) is 4.31 Å². The number of hydrogen-bond acceptors (Lipinski definition) is 4. The number of ether oxygens (including phenoxy) is 1. The Bertz CT molecular complexity index is 552. The molecule has 0 fully saturated rings. The van der Waals surface area contributed by atoms with Gasteiger partial charge in [0, 0.05) is 12.0 Å². The van der Waals surface area contributed by atoms with E-state index in [-0.39, 0.29) is 19.7 Å². The third kappa shape index (κ3) is 5.14. The summed E-state index contributed by atoms with van der Waals surface area (Å²) in [6.45, 7) is 3.52. The SMILES string of the molecule is CCOC(=O)CN(CC)S(=O)(=O)/C=C/c1ccccc1. The van der Waals surface area contributed by atoms with Crippen LogP contribution >= 0.6 is 0 Å². The zero-order valence-electron chi connectivity index (χ0n) is 11.7. The molecule has 0 N–H and O–H groups in total. The summed E-state index contributed by atoms with van der Waals surface area (Å²) in [5.41, 5.74) is 0.781. The van der Waals surface area contributed by atoms with Crippen LogP contribution in [0, 0.1) is 0 Å². The lowest BCUT2D eigenvalue weighted by atomic mass is 10.2. The van der Waals surface area contributed by atoms with Crippen molar-refractivity contribution in [1.29, 1.82) is 0 Å². The lowest BCUT2D eigenvalue weighted by Gasteiger charge is -2.16. The van der Waals surface area contributed by atoms with E-state index in [0.717, 1.165) is 15.3 Å². The summed E-state index contributed by atoms with van der Waals surface area (Å²) in [6.07, 6.45) is 1.50. The van der Waals surface area contributed by atoms with Gasteiger partial charge in [-0.15, -0.1) is 0 Å². The molecule has 0 aromatic heterocycles. The largest absolute Gasteiger partial charge is 0.465 e. The molecule has 0 spiro atoms. The second kappa shape index (κ2) is 7.81. The van der Waals surface area contributed by atoms with Gasteiger partial charge in [0.2, 0.25) is 10.0 Å². The lowest BCUT2D eigenvalue weighted by Crippen LogP contribution is -2.35. The Labute approximate surface area is 119 Å². The molecule has 0 heterocycles. The van der Waals surface area contributed by atoms with E-state index in [4.69, 9.17) is 4.74 Å². The quantitative estimate of drug-likeness (QED) is 0.721. The molecule has 5 nitrogen and oxygen atoms in total. The molecule has 1 aromatic rings. The normalized spacial score (nSPS) is 11.9. The van der Waals surface area contributed by atoms with Crippen LogP contribution in [0.4, 0.5) is 0 Å². The van der Waals surface area contributed by atoms with E-state index in [1.807, 2.05) is 18.2 Å². The number of carbonyl (C=O) groups excluding carboxylic acids is 1. The van der Waals surface area contributed by atoms with Crippen LogP contribution < -0.4 is 0 Å². The van der Waals surface area contributed by atoms with E-state index in [1.165, 1.54) is 6.08 Å². The molecule has 0 bridgehead atoms. The highest BCUT2D eigenvalue weighted by molar-refractivity contribution is 7.92. The van der Waals surface area contributed by atoms with Crippen molar-refractivity contribution >= 4 is 22.1 Å². The zero-order valence-corrected chi connectivity index (χ0v) is 12.5. The highest BCUT2D eigenvalue weighted by atomic mass is 32.2. The summed E-state index contributed by atoms with van der Waals surface area (Å²) >= 11 is 0. The molecular formula is C14H19NO4S. The standard InChI is InChI=1S/C14H19NO4S/c1-3-15(12-14(16)19-4-2)20(17,18)11-10-13-8-6-5-7-9-13/h5-11H,3-4,12H2,1-2H3/b11-10+. The molecule has 0 radical (unpaired) electrons. The van der Waals surface area contributed by atoms with Crippen LogP contribution in [0.25, 0.3) is 6.08 Å². The molecule has 0 unspecified atom stereocenters. The summed E-state index contributed by atoms with van der Waals surface area (Å²) < 4.78 is 30.0. The summed E-state index contributed by atoms with van der Waals surface area (Å²) in [4.78, 5) is 11.4. The number of nitrogens with zero attached hydrogens (tertiary/aromatic N) is 1. The van der Waals surface area contributed by atoms with Crippen LogP contribution in [0.2, 0.25) is 0 Å². The molecule has 0 aliphatic heterocycles. The molecule has 0 aliphatic carbocycles. The molecule has 0 saturated heterocycles. The van der Waals surface area contributed by atoms with Crippen molar-refractivity contribution in [2.45, 2.75) is 13.8 Å². The van der Waals surface area contributed by atoms with Crippen molar-refractivity contribution in [2.24, 2.45) is 0 Å². The van der Waals surface area contributed by atoms with Crippen LogP contribution in [0.1, 0.15) is 19.4 Å². The summed E-state index contributed by atoms with van der Waals surface area (Å²) in [5, 5.41) is 1.10. The maximum atomic E-state index is 12.1. The minimum absolute atomic E-state index is 0.209. The van der Waals surface area contributed by atoms with Gasteiger partial charge in [-0.1, -0.05) is 37.3 Å². The smallest absolute Gasteiger partial charge is 0.321 e. The molecule has 0 aliphatic rings. The van der Waals surface area contributed by atoms with Crippen molar-refractivity contribution in [3.05, 3.63) is 41.3 Å². The van der Waals surface area contributed by atoms with Gasteiger partial charge in [0.1, 0.15) is 6.54 Å². The number of benzene rings is 1. The first-order valence-electron chi connectivity index (χ1n) is 6.38. The minimum Gasteiger partial charge on any atom is -0.465 e. The Morgan fingerprint density at radius 2 is 1.90 bits per heavy atom. The number of carbonyl (C=O) groups is 1. The Morgan fingerprint density at radius 3 is 2.45 bits per heavy atom. The fourth-order valence-corrected chi connectivity index (χ4v) is 2.69. The molecular weight excluding hydrogens is 278 g/mol. The van der Waals surface area contributed by atoms with Gasteiger partial charge in [0.15, 0.2) is 0 Å². The highest BCUT2D eigenvalue weighted by Crippen LogP contribution is 2.08. The Kier molecular flexibility index (Phi) is 6.41. The maximum Gasteiger partial charge on any atom is 0.321 e. The molecule has 1 aromatic carbocycles. The second-order valence-electron chi connectivity index (χ2n) is 3.99. The van der Waals surface area contributed by atoms with E-state index in [0.29, 0.717) is 0 Å². The van der Waals surface area contributed by atoms with Crippen LogP contribution in [-0.4, -0.2) is 38.4 Å². The maximum absolute atomic E-state index is 12.1. The van der Waals surface area contributed by atoms with Gasteiger partial charge in [-0.05, 0) is 18.6 Å². The first-order chi connectivity index (χ1) is 9.49. The minimum atomic E-state index is -3.63. The van der Waals surface area contributed by atoms with Gasteiger partial charge in [-0.3, -0.25) is 4.79 Å². The number of rotatable bonds is 7. The average Bonchev–Trinajstić information content (AvgIpc) is 2.44. The molecule has 110 valence electrons. The van der Waals surface area contributed by atoms with Gasteiger partial charge in [0.25, 0.3) is 0 Å². The van der Waals surface area contributed by atoms with Crippen LogP contribution in [0.3, 0.4) is 0 Å². The van der Waals surface area contributed by atoms with Crippen LogP contribution in [0.5, 0.6) is 0 Å². The first-order valence-corrected chi connectivity index (χ1v) is 7.88. The Hall–Kier alpha value is -1.66. The number of esters is 1. The molecule has 6 heteroatoms. The topological polar surface area (TPSA) is 63.7 Å². The Balaban J connectivity index is 2.79. The van der Waals surface area contributed by atoms with Crippen LogP contribution in [0.15, 0.2) is 35.7 Å². The van der Waals surface area contributed by atoms with Gasteiger partial charge in [0.05, 0.1) is 6.61 Å². The van der Waals surface area contributed by atoms with Gasteiger partial charge in [-0.25, -0.2) is 8.42 Å². The summed E-state index contributed by atoms with van der Waals surface area (Å²) in [7, 11) is -3.63. The van der Waals surface area contributed by atoms with Crippen molar-refractivity contribution < 1.29 is 17.9 Å². The van der Waals surface area contributed by atoms with Gasteiger partial charge < -0.3 is 4.74 Å². The van der Waals surface area contributed by atoms with Crippen molar-refractivity contribution in [2.75, 3.05) is 19.7 Å². The third-order valence-electron chi connectivity index (χ3n) is 2.56. The Morgan fingerprint density at radius 1 is 1.25 bits per heavy atom. The molecule has 0 saturated carbocycles. The van der Waals surface area contributed by atoms with Crippen molar-refractivity contribution in [3.8, 4) is 0 Å². The molecule has 1 rings (SSSR count). The molecule has 0 amide bonds. The number of sulfonamides is 1. The number of hydrogen-bond donors (Lipinski definition) is 0. The number of likely N-dealkylation sites (N-methyl/N-ethyl adjacent to an activating group) is 1.